The molecule has 0 spiro atoms. The van der Waals surface area contributed by atoms with E-state index in [2.05, 4.69) is 22.0 Å². The molecule has 3 rings (SSSR count). The van der Waals surface area contributed by atoms with Crippen LogP contribution in [0.15, 0.2) is 36.5 Å². The second-order valence-corrected chi connectivity index (χ2v) is 7.15. The van der Waals surface area contributed by atoms with Gasteiger partial charge in [0.2, 0.25) is 0 Å². The molecular weight excluding hydrogens is 399 g/mol. The van der Waals surface area contributed by atoms with E-state index in [0.717, 1.165) is 43.9 Å². The van der Waals surface area contributed by atoms with Crippen molar-refractivity contribution in [3.8, 4) is 5.75 Å². The zero-order valence-electron chi connectivity index (χ0n) is 16.2. The van der Waals surface area contributed by atoms with Gasteiger partial charge in [0, 0.05) is 18.7 Å². The van der Waals surface area contributed by atoms with Gasteiger partial charge in [-0.1, -0.05) is 23.7 Å². The first-order valence-corrected chi connectivity index (χ1v) is 9.66. The highest BCUT2D eigenvalue weighted by Gasteiger charge is 2.26. The molecule has 28 heavy (non-hydrogen) atoms. The molecule has 1 aromatic heterocycles. The van der Waals surface area contributed by atoms with Gasteiger partial charge < -0.3 is 9.47 Å². The summed E-state index contributed by atoms with van der Waals surface area (Å²) in [4.78, 5) is 19.2. The Labute approximate surface area is 177 Å². The Balaban J connectivity index is 0.00000280. The van der Waals surface area contributed by atoms with Crippen molar-refractivity contribution in [2.75, 3.05) is 26.8 Å². The number of carbonyl (C=O) groups is 1. The van der Waals surface area contributed by atoms with E-state index in [0.29, 0.717) is 17.2 Å². The third-order valence-corrected chi connectivity index (χ3v) is 5.10. The van der Waals surface area contributed by atoms with E-state index in [4.69, 9.17) is 21.1 Å². The highest BCUT2D eigenvalue weighted by atomic mass is 35.5. The first-order chi connectivity index (χ1) is 13.1. The van der Waals surface area contributed by atoms with Crippen LogP contribution in [0, 0.1) is 0 Å². The number of methoxy groups -OCH3 is 1. The van der Waals surface area contributed by atoms with E-state index in [-0.39, 0.29) is 24.3 Å². The van der Waals surface area contributed by atoms with E-state index in [1.165, 1.54) is 5.56 Å². The highest BCUT2D eigenvalue weighted by molar-refractivity contribution is 6.30. The third kappa shape index (κ3) is 5.60. The molecule has 0 radical (unpaired) electrons. The normalized spacial score (nSPS) is 15.0. The minimum absolute atomic E-state index is 0. The van der Waals surface area contributed by atoms with E-state index in [1.807, 2.05) is 12.1 Å². The van der Waals surface area contributed by atoms with E-state index >= 15 is 0 Å². The highest BCUT2D eigenvalue weighted by Crippen LogP contribution is 2.31. The fourth-order valence-corrected chi connectivity index (χ4v) is 3.70. The van der Waals surface area contributed by atoms with Crippen LogP contribution in [0.5, 0.6) is 5.75 Å². The summed E-state index contributed by atoms with van der Waals surface area (Å²) in [5.74, 6) is 0.774. The lowest BCUT2D eigenvalue weighted by molar-refractivity contribution is 0.0523. The molecule has 1 aromatic carbocycles. The Morgan fingerprint density at radius 2 is 2.04 bits per heavy atom. The molecule has 152 valence electrons. The van der Waals surface area contributed by atoms with Crippen LogP contribution in [0.4, 0.5) is 0 Å². The largest absolute Gasteiger partial charge is 0.497 e. The van der Waals surface area contributed by atoms with Crippen molar-refractivity contribution in [1.29, 1.82) is 0 Å². The van der Waals surface area contributed by atoms with Gasteiger partial charge in [0.1, 0.15) is 5.75 Å². The van der Waals surface area contributed by atoms with Crippen molar-refractivity contribution in [3.63, 3.8) is 0 Å². The standard InChI is InChI=1S/C21H25ClN2O3.ClH/c1-3-27-21(25)19-12-17(22)13-23-20(19)16-7-9-24(10-8-16)14-15-5-4-6-18(11-15)26-2;/h4-6,11-13,16H,3,7-10,14H2,1-2H3;1H. The second-order valence-electron chi connectivity index (χ2n) is 6.71. The molecule has 5 nitrogen and oxygen atoms in total. The van der Waals surface area contributed by atoms with Crippen LogP contribution >= 0.6 is 24.0 Å². The average Bonchev–Trinajstić information content (AvgIpc) is 2.69. The first-order valence-electron chi connectivity index (χ1n) is 9.28. The number of carbonyl (C=O) groups excluding carboxylic acids is 1. The summed E-state index contributed by atoms with van der Waals surface area (Å²) < 4.78 is 10.5. The number of nitrogens with zero attached hydrogens (tertiary/aromatic N) is 2. The number of pyridine rings is 1. The Morgan fingerprint density at radius 3 is 2.71 bits per heavy atom. The SMILES string of the molecule is CCOC(=O)c1cc(Cl)cnc1C1CCN(Cc2cccc(OC)c2)CC1.Cl. The van der Waals surface area contributed by atoms with Crippen molar-refractivity contribution >= 4 is 30.0 Å². The number of hydrogen-bond donors (Lipinski definition) is 0. The van der Waals surface area contributed by atoms with Crippen molar-refractivity contribution in [3.05, 3.63) is 58.4 Å². The van der Waals surface area contributed by atoms with Crippen LogP contribution in [0.2, 0.25) is 5.02 Å². The van der Waals surface area contributed by atoms with E-state index < -0.39 is 0 Å². The van der Waals surface area contributed by atoms with Crippen LogP contribution in [-0.2, 0) is 11.3 Å². The topological polar surface area (TPSA) is 51.7 Å². The predicted molar refractivity (Wildman–Crippen MR) is 113 cm³/mol. The molecule has 2 heterocycles. The summed E-state index contributed by atoms with van der Waals surface area (Å²) in [6.45, 7) is 4.93. The van der Waals surface area contributed by atoms with Crippen molar-refractivity contribution in [1.82, 2.24) is 9.88 Å². The van der Waals surface area contributed by atoms with Crippen LogP contribution in [0.1, 0.15) is 47.3 Å². The molecule has 0 amide bonds. The Kier molecular flexibility index (Phi) is 8.55. The number of rotatable bonds is 6. The molecule has 1 fully saturated rings. The number of halogens is 2. The lowest BCUT2D eigenvalue weighted by Gasteiger charge is -2.32. The number of esters is 1. The zero-order valence-corrected chi connectivity index (χ0v) is 17.8. The van der Waals surface area contributed by atoms with E-state index in [9.17, 15) is 4.79 Å². The molecule has 0 bridgehead atoms. The summed E-state index contributed by atoms with van der Waals surface area (Å²) in [6.07, 6.45) is 3.51. The number of benzene rings is 1. The molecule has 7 heteroatoms. The molecule has 0 atom stereocenters. The smallest absolute Gasteiger partial charge is 0.340 e. The Bertz CT molecular complexity index is 793. The van der Waals surface area contributed by atoms with Gasteiger partial charge in [0.05, 0.1) is 30.0 Å². The first kappa shape index (κ1) is 22.5. The second kappa shape index (κ2) is 10.6. The minimum atomic E-state index is -0.346. The van der Waals surface area contributed by atoms with Crippen LogP contribution < -0.4 is 4.74 Å². The van der Waals surface area contributed by atoms with Gasteiger partial charge in [0.25, 0.3) is 0 Å². The van der Waals surface area contributed by atoms with Crippen molar-refractivity contribution < 1.29 is 14.3 Å². The summed E-state index contributed by atoms with van der Waals surface area (Å²) in [5.41, 5.74) is 2.54. The van der Waals surface area contributed by atoms with Crippen LogP contribution in [-0.4, -0.2) is 42.7 Å². The minimum Gasteiger partial charge on any atom is -0.497 e. The Morgan fingerprint density at radius 1 is 1.29 bits per heavy atom. The van der Waals surface area contributed by atoms with Gasteiger partial charge in [-0.2, -0.15) is 0 Å². The van der Waals surface area contributed by atoms with Gasteiger partial charge in [-0.3, -0.25) is 9.88 Å². The lowest BCUT2D eigenvalue weighted by atomic mass is 9.90. The number of hydrogen-bond acceptors (Lipinski definition) is 5. The molecule has 0 aliphatic carbocycles. The fourth-order valence-electron chi connectivity index (χ4n) is 3.54. The lowest BCUT2D eigenvalue weighted by Crippen LogP contribution is -2.33. The van der Waals surface area contributed by atoms with Gasteiger partial charge in [-0.05, 0) is 56.6 Å². The summed E-state index contributed by atoms with van der Waals surface area (Å²) in [6, 6.07) is 9.84. The molecule has 2 aromatic rings. The van der Waals surface area contributed by atoms with Crippen LogP contribution in [0.3, 0.4) is 0 Å². The molecule has 1 saturated heterocycles. The van der Waals surface area contributed by atoms with Gasteiger partial charge in [-0.25, -0.2) is 4.79 Å². The fraction of sp³-hybridized carbons (Fsp3) is 0.429. The molecule has 0 N–H and O–H groups in total. The molecular formula is C21H26Cl2N2O3. The predicted octanol–water partition coefficient (Wildman–Crippen LogP) is 4.72. The monoisotopic (exact) mass is 424 g/mol. The number of aromatic nitrogens is 1. The van der Waals surface area contributed by atoms with Crippen molar-refractivity contribution in [2.24, 2.45) is 0 Å². The maximum Gasteiger partial charge on any atom is 0.340 e. The van der Waals surface area contributed by atoms with Gasteiger partial charge in [0.15, 0.2) is 0 Å². The van der Waals surface area contributed by atoms with Gasteiger partial charge >= 0.3 is 5.97 Å². The third-order valence-electron chi connectivity index (χ3n) is 4.90. The summed E-state index contributed by atoms with van der Waals surface area (Å²) in [5, 5.41) is 0.456. The molecule has 0 unspecified atom stereocenters. The zero-order chi connectivity index (χ0) is 19.2. The summed E-state index contributed by atoms with van der Waals surface area (Å²) in [7, 11) is 1.69. The van der Waals surface area contributed by atoms with Crippen molar-refractivity contribution in [2.45, 2.75) is 32.2 Å². The number of piperidine rings is 1. The molecule has 1 aliphatic heterocycles. The molecule has 0 saturated carbocycles. The Hall–Kier alpha value is -1.82. The summed E-state index contributed by atoms with van der Waals surface area (Å²) >= 11 is 6.05. The van der Waals surface area contributed by atoms with Crippen LogP contribution in [0.25, 0.3) is 0 Å². The maximum atomic E-state index is 12.3. The molecule has 1 aliphatic rings. The maximum absolute atomic E-state index is 12.3. The van der Waals surface area contributed by atoms with Gasteiger partial charge in [-0.15, -0.1) is 12.4 Å². The number of ether oxygens (including phenoxy) is 2. The van der Waals surface area contributed by atoms with E-state index in [1.54, 1.807) is 26.3 Å². The average molecular weight is 425 g/mol. The number of likely N-dealkylation sites (tertiary alicyclic amines) is 1. The quantitative estimate of drug-likeness (QED) is 0.627.